The minimum Gasteiger partial charge on any atom is -0.309 e. The van der Waals surface area contributed by atoms with Gasteiger partial charge in [-0.2, -0.15) is 0 Å². The van der Waals surface area contributed by atoms with Crippen molar-refractivity contribution in [2.24, 2.45) is 0 Å². The molecular weight excluding hydrogens is 1040 g/mol. The van der Waals surface area contributed by atoms with Crippen LogP contribution in [0.5, 0.6) is 0 Å². The first-order chi connectivity index (χ1) is 42.6. The Labute approximate surface area is 494 Å². The van der Waals surface area contributed by atoms with Crippen molar-refractivity contribution in [1.29, 1.82) is 0 Å². The van der Waals surface area contributed by atoms with Gasteiger partial charge in [0.05, 0.1) is 55.5 Å². The summed E-state index contributed by atoms with van der Waals surface area (Å²) in [7, 11) is 0. The van der Waals surface area contributed by atoms with Gasteiger partial charge in [-0.25, -0.2) is 9.97 Å². The lowest BCUT2D eigenvalue weighted by Gasteiger charge is -2.13. The fourth-order valence-electron chi connectivity index (χ4n) is 13.8. The van der Waals surface area contributed by atoms with Gasteiger partial charge in [0.2, 0.25) is 5.95 Å². The summed E-state index contributed by atoms with van der Waals surface area (Å²) < 4.78 is 9.43. The van der Waals surface area contributed by atoms with E-state index in [9.17, 15) is 0 Å². The lowest BCUT2D eigenvalue weighted by Crippen LogP contribution is -2.04. The van der Waals surface area contributed by atoms with Crippen LogP contribution in [-0.4, -0.2) is 28.2 Å². The number of nitrogens with zero attached hydrogens (tertiary/aromatic N) is 6. The van der Waals surface area contributed by atoms with Gasteiger partial charge in [0.1, 0.15) is 0 Å². The molecule has 0 aliphatic rings. The third-order valence-corrected chi connectivity index (χ3v) is 17.7. The van der Waals surface area contributed by atoms with E-state index >= 15 is 0 Å². The Morgan fingerprint density at radius 1 is 0.186 bits per heavy atom. The van der Waals surface area contributed by atoms with Crippen LogP contribution in [0.25, 0.3) is 166 Å². The summed E-state index contributed by atoms with van der Waals surface area (Å²) in [5.74, 6) is 0.612. The maximum atomic E-state index is 5.55. The van der Waals surface area contributed by atoms with Gasteiger partial charge in [-0.3, -0.25) is 4.57 Å². The van der Waals surface area contributed by atoms with E-state index in [1.165, 1.54) is 76.3 Å². The molecule has 0 spiro atoms. The van der Waals surface area contributed by atoms with E-state index < -0.39 is 0 Å². The second-order valence-corrected chi connectivity index (χ2v) is 22.6. The number of benzene rings is 13. The van der Waals surface area contributed by atoms with Crippen LogP contribution >= 0.6 is 0 Å². The molecule has 5 heterocycles. The van der Waals surface area contributed by atoms with Crippen LogP contribution in [0.1, 0.15) is 0 Å². The van der Waals surface area contributed by atoms with E-state index in [1.807, 2.05) is 0 Å². The largest absolute Gasteiger partial charge is 0.309 e. The number of para-hydroxylation sites is 5. The standard InChI is InChI=1S/C80H50N6/c1-3-19-52(20-4-1)70-50-71(58-22-17-25-60(45-58)84-73-31-14-10-27-63(73)67-47-55(36-41-77(67)84)54-35-40-76-66(46-54)62-26-9-13-30-72(62)83(76)59-23-5-2-6-24-59)82-80(81-70)86-75-33-16-12-29-65(75)69-49-57(38-43-79(69)86)56-37-42-78-68(48-56)64-28-11-15-32-74(64)85(78)61-39-34-51-18-7-8-21-53(51)44-61/h1-50H. The van der Waals surface area contributed by atoms with Gasteiger partial charge >= 0.3 is 0 Å². The first-order valence-electron chi connectivity index (χ1n) is 29.4. The molecule has 0 N–H and O–H groups in total. The quantitative estimate of drug-likeness (QED) is 0.152. The zero-order valence-electron chi connectivity index (χ0n) is 46.6. The molecule has 86 heavy (non-hydrogen) atoms. The predicted molar refractivity (Wildman–Crippen MR) is 359 cm³/mol. The van der Waals surface area contributed by atoms with Gasteiger partial charge in [-0.15, -0.1) is 0 Å². The molecule has 0 saturated heterocycles. The molecule has 0 bridgehead atoms. The average molecular weight is 1100 g/mol. The predicted octanol–water partition coefficient (Wildman–Crippen LogP) is 20.7. The molecule has 6 heteroatoms. The minimum atomic E-state index is 0.612. The van der Waals surface area contributed by atoms with Crippen molar-refractivity contribution in [2.75, 3.05) is 0 Å². The molecule has 0 radical (unpaired) electrons. The van der Waals surface area contributed by atoms with Crippen molar-refractivity contribution in [1.82, 2.24) is 28.2 Å². The molecule has 13 aromatic carbocycles. The molecule has 18 aromatic rings. The van der Waals surface area contributed by atoms with Gasteiger partial charge in [-0.1, -0.05) is 188 Å². The molecule has 0 fully saturated rings. The van der Waals surface area contributed by atoms with E-state index in [2.05, 4.69) is 322 Å². The van der Waals surface area contributed by atoms with Crippen LogP contribution in [0.2, 0.25) is 0 Å². The van der Waals surface area contributed by atoms with Crippen molar-refractivity contribution in [2.45, 2.75) is 0 Å². The fraction of sp³-hybridized carbons (Fsp3) is 0. The number of hydrogen-bond donors (Lipinski definition) is 0. The number of aromatic nitrogens is 6. The van der Waals surface area contributed by atoms with E-state index in [0.29, 0.717) is 5.95 Å². The molecule has 0 aliphatic carbocycles. The zero-order valence-corrected chi connectivity index (χ0v) is 46.6. The van der Waals surface area contributed by atoms with Gasteiger partial charge in [0.15, 0.2) is 0 Å². The summed E-state index contributed by atoms with van der Waals surface area (Å²) in [6.45, 7) is 0. The Hall–Kier alpha value is -11.6. The van der Waals surface area contributed by atoms with Gasteiger partial charge < -0.3 is 13.7 Å². The normalized spacial score (nSPS) is 12.0. The van der Waals surface area contributed by atoms with E-state index in [4.69, 9.17) is 9.97 Å². The summed E-state index contributed by atoms with van der Waals surface area (Å²) >= 11 is 0. The molecule has 0 aliphatic heterocycles. The highest BCUT2D eigenvalue weighted by molar-refractivity contribution is 6.15. The van der Waals surface area contributed by atoms with Crippen LogP contribution in [0.3, 0.4) is 0 Å². The van der Waals surface area contributed by atoms with Crippen LogP contribution in [-0.2, 0) is 0 Å². The monoisotopic (exact) mass is 1090 g/mol. The summed E-state index contributed by atoms with van der Waals surface area (Å²) in [4.78, 5) is 11.0. The second kappa shape index (κ2) is 19.0. The highest BCUT2D eigenvalue weighted by Gasteiger charge is 2.21. The lowest BCUT2D eigenvalue weighted by atomic mass is 10.0. The molecule has 5 aromatic heterocycles. The van der Waals surface area contributed by atoms with E-state index in [1.54, 1.807) is 0 Å². The van der Waals surface area contributed by atoms with Crippen molar-refractivity contribution in [3.05, 3.63) is 303 Å². The molecule has 400 valence electrons. The Balaban J connectivity index is 0.750. The summed E-state index contributed by atoms with van der Waals surface area (Å²) in [6, 6.07) is 110. The van der Waals surface area contributed by atoms with Gasteiger partial charge in [0, 0.05) is 71.3 Å². The van der Waals surface area contributed by atoms with Crippen LogP contribution in [0.15, 0.2) is 303 Å². The van der Waals surface area contributed by atoms with Gasteiger partial charge in [-0.05, 0) is 148 Å². The van der Waals surface area contributed by atoms with Crippen molar-refractivity contribution in [3.63, 3.8) is 0 Å². The smallest absolute Gasteiger partial charge is 0.235 e. The van der Waals surface area contributed by atoms with Crippen molar-refractivity contribution < 1.29 is 0 Å². The van der Waals surface area contributed by atoms with Crippen molar-refractivity contribution >= 4 is 98.0 Å². The topological polar surface area (TPSA) is 45.5 Å². The maximum Gasteiger partial charge on any atom is 0.235 e. The molecule has 18 rings (SSSR count). The Bertz CT molecular complexity index is 5780. The minimum absolute atomic E-state index is 0.612. The summed E-state index contributed by atoms with van der Waals surface area (Å²) in [5.41, 5.74) is 20.9. The number of fused-ring (bicyclic) bond motifs is 13. The average Bonchev–Trinajstić information content (AvgIpc) is 2.13. The molecular formula is C80H50N6. The van der Waals surface area contributed by atoms with Gasteiger partial charge in [0.25, 0.3) is 0 Å². The number of rotatable bonds is 8. The Morgan fingerprint density at radius 2 is 0.547 bits per heavy atom. The Kier molecular flexibility index (Phi) is 10.6. The molecule has 0 unspecified atom stereocenters. The molecule has 0 amide bonds. The summed E-state index contributed by atoms with van der Waals surface area (Å²) in [5, 5.41) is 12.1. The Morgan fingerprint density at radius 3 is 1.06 bits per heavy atom. The summed E-state index contributed by atoms with van der Waals surface area (Å²) in [6.07, 6.45) is 0. The van der Waals surface area contributed by atoms with E-state index in [0.717, 1.165) is 83.5 Å². The third kappa shape index (κ3) is 7.46. The number of hydrogen-bond acceptors (Lipinski definition) is 2. The molecule has 0 atom stereocenters. The maximum absolute atomic E-state index is 5.55. The first-order valence-corrected chi connectivity index (χ1v) is 29.4. The molecule has 6 nitrogen and oxygen atoms in total. The third-order valence-electron chi connectivity index (χ3n) is 17.7. The van der Waals surface area contributed by atoms with Crippen molar-refractivity contribution in [3.8, 4) is 67.8 Å². The highest BCUT2D eigenvalue weighted by Crippen LogP contribution is 2.42. The second-order valence-electron chi connectivity index (χ2n) is 22.6. The highest BCUT2D eigenvalue weighted by atomic mass is 15.2. The molecule has 0 saturated carbocycles. The first kappa shape index (κ1) is 48.0. The fourth-order valence-corrected chi connectivity index (χ4v) is 13.8. The van der Waals surface area contributed by atoms with E-state index in [-0.39, 0.29) is 0 Å². The SMILES string of the molecule is c1ccc(-c2cc(-c3cccc(-n4c5ccccc5c5cc(-c6ccc7c(c6)c6ccccc6n7-c6ccccc6)ccc54)c3)nc(-n3c4ccccc4c4cc(-c5ccc6c(c5)c5ccccc5n6-c5ccc6ccccc6c5)ccc43)n2)cc1. The van der Waals surface area contributed by atoms with Crippen LogP contribution < -0.4 is 0 Å². The van der Waals surface area contributed by atoms with Crippen LogP contribution in [0.4, 0.5) is 0 Å². The zero-order chi connectivity index (χ0) is 56.4. The lowest BCUT2D eigenvalue weighted by molar-refractivity contribution is 0.995. The van der Waals surface area contributed by atoms with Crippen LogP contribution in [0, 0.1) is 0 Å².